The van der Waals surface area contributed by atoms with E-state index in [1.807, 2.05) is 0 Å². The Kier molecular flexibility index (Phi) is 4.40. The van der Waals surface area contributed by atoms with Crippen LogP contribution in [-0.4, -0.2) is 30.6 Å². The normalized spacial score (nSPS) is 8.67. The third kappa shape index (κ3) is 2.43. The summed E-state index contributed by atoms with van der Waals surface area (Å²) in [5.41, 5.74) is -0.139. The summed E-state index contributed by atoms with van der Waals surface area (Å²) < 4.78 is 0. The summed E-state index contributed by atoms with van der Waals surface area (Å²) in [6.45, 7) is 0. The molecule has 0 atom stereocenters. The van der Waals surface area contributed by atoms with Crippen LogP contribution >= 0.6 is 0 Å². The van der Waals surface area contributed by atoms with Gasteiger partial charge in [-0.15, -0.1) is 0 Å². The fraction of sp³-hybridized carbons (Fsp3) is 0. The molecule has 0 spiro atoms. The van der Waals surface area contributed by atoms with E-state index in [1.54, 1.807) is 12.1 Å². The number of hydrogen-bond acceptors (Lipinski definition) is 7. The molecule has 0 bridgehead atoms. The van der Waals surface area contributed by atoms with E-state index in [0.717, 1.165) is 4.80 Å². The molecule has 0 N–H and O–H groups in total. The molecule has 0 unspecified atom stereocenters. The first-order chi connectivity index (χ1) is 6.85. The van der Waals surface area contributed by atoms with Gasteiger partial charge in [-0.1, -0.05) is 10.4 Å². The second-order valence-electron chi connectivity index (χ2n) is 2.09. The molecule has 15 heavy (non-hydrogen) atoms. The fourth-order valence-corrected chi connectivity index (χ4v) is 0.786. The van der Waals surface area contributed by atoms with Crippen LogP contribution in [0.25, 0.3) is 5.95 Å². The van der Waals surface area contributed by atoms with E-state index >= 15 is 0 Å². The zero-order valence-corrected chi connectivity index (χ0v) is 13.8. The predicted molar refractivity (Wildman–Crippen MR) is 37.5 cm³/mol. The summed E-state index contributed by atoms with van der Waals surface area (Å²) in [5.74, 6) is 0.00287. The molecule has 2 aromatic rings. The third-order valence-corrected chi connectivity index (χ3v) is 1.33. The van der Waals surface area contributed by atoms with Gasteiger partial charge < -0.3 is 9.97 Å². The SMILES string of the molecule is N#Cc1nc(-n2nnnn2)[n-]c1C#N.[Cs+]. The van der Waals surface area contributed by atoms with Gasteiger partial charge in [0.1, 0.15) is 12.1 Å². The van der Waals surface area contributed by atoms with Crippen molar-refractivity contribution in [2.24, 2.45) is 0 Å². The Morgan fingerprint density at radius 2 is 1.80 bits per heavy atom. The molecule has 0 aliphatic heterocycles. The van der Waals surface area contributed by atoms with Crippen molar-refractivity contribution in [2.75, 3.05) is 0 Å². The van der Waals surface area contributed by atoms with E-state index in [9.17, 15) is 0 Å². The van der Waals surface area contributed by atoms with E-state index in [4.69, 9.17) is 10.5 Å². The minimum atomic E-state index is -0.0696. The summed E-state index contributed by atoms with van der Waals surface area (Å²) in [4.78, 5) is 8.33. The van der Waals surface area contributed by atoms with Crippen LogP contribution in [0.2, 0.25) is 0 Å². The van der Waals surface area contributed by atoms with Gasteiger partial charge in [0.25, 0.3) is 0 Å². The zero-order chi connectivity index (χ0) is 9.97. The molecular weight excluding hydrogens is 319 g/mol. The van der Waals surface area contributed by atoms with Crippen molar-refractivity contribution in [1.29, 1.82) is 10.5 Å². The smallest absolute Gasteiger partial charge is 0.345 e. The van der Waals surface area contributed by atoms with Gasteiger partial charge in [0.15, 0.2) is 0 Å². The molecule has 0 saturated heterocycles. The first-order valence-electron chi connectivity index (χ1n) is 3.32. The Morgan fingerprint density at radius 1 is 1.13 bits per heavy atom. The molecule has 10 heteroatoms. The van der Waals surface area contributed by atoms with E-state index < -0.39 is 0 Å². The van der Waals surface area contributed by atoms with Crippen LogP contribution in [0.15, 0.2) is 0 Å². The predicted octanol–water partition coefficient (Wildman–Crippen LogP) is -4.84. The maximum Gasteiger partial charge on any atom is 1.00 e. The molecule has 0 aliphatic carbocycles. The molecule has 0 saturated carbocycles. The number of imidazole rings is 1. The van der Waals surface area contributed by atoms with Crippen molar-refractivity contribution in [3.63, 3.8) is 0 Å². The Bertz CT molecular complexity index is 494. The van der Waals surface area contributed by atoms with Crippen LogP contribution in [0.3, 0.4) is 0 Å². The fourth-order valence-electron chi connectivity index (χ4n) is 0.786. The largest absolute Gasteiger partial charge is 1.00 e. The molecule has 0 amide bonds. The first-order valence-corrected chi connectivity index (χ1v) is 3.32. The van der Waals surface area contributed by atoms with Gasteiger partial charge >= 0.3 is 68.9 Å². The van der Waals surface area contributed by atoms with Crippen LogP contribution in [0.5, 0.6) is 0 Å². The Morgan fingerprint density at radius 3 is 2.27 bits per heavy atom. The van der Waals surface area contributed by atoms with Crippen LogP contribution < -0.4 is 73.9 Å². The van der Waals surface area contributed by atoms with Crippen molar-refractivity contribution in [3.05, 3.63) is 11.4 Å². The second-order valence-corrected chi connectivity index (χ2v) is 2.09. The number of rotatable bonds is 1. The topological polar surface area (TPSA) is 131 Å². The molecule has 9 nitrogen and oxygen atoms in total. The molecule has 66 valence electrons. The van der Waals surface area contributed by atoms with Crippen LogP contribution in [0.4, 0.5) is 0 Å². The maximum absolute atomic E-state index is 8.58. The summed E-state index contributed by atoms with van der Waals surface area (Å²) >= 11 is 0. The Hall–Kier alpha value is -0.758. The summed E-state index contributed by atoms with van der Waals surface area (Å²) in [7, 11) is 0. The van der Waals surface area contributed by atoms with Gasteiger partial charge in [0.05, 0.1) is 17.3 Å². The summed E-state index contributed by atoms with van der Waals surface area (Å²) in [6, 6.07) is 3.45. The van der Waals surface area contributed by atoms with E-state index in [0.29, 0.717) is 0 Å². The third-order valence-electron chi connectivity index (χ3n) is 1.33. The van der Waals surface area contributed by atoms with Crippen LogP contribution in [0.1, 0.15) is 11.4 Å². The average molecular weight is 319 g/mol. The van der Waals surface area contributed by atoms with Gasteiger partial charge in [-0.3, -0.25) is 0 Å². The maximum atomic E-state index is 8.58. The monoisotopic (exact) mass is 319 g/mol. The summed E-state index contributed by atoms with van der Waals surface area (Å²) in [6.07, 6.45) is 0. The zero-order valence-electron chi connectivity index (χ0n) is 7.52. The number of nitriles is 2. The van der Waals surface area contributed by atoms with Gasteiger partial charge in [0, 0.05) is 0 Å². The molecule has 2 rings (SSSR count). The van der Waals surface area contributed by atoms with Gasteiger partial charge in [-0.05, 0) is 10.4 Å². The van der Waals surface area contributed by atoms with Crippen LogP contribution in [-0.2, 0) is 0 Å². The molecule has 0 fully saturated rings. The van der Waals surface area contributed by atoms with Gasteiger partial charge in [0.2, 0.25) is 0 Å². The standard InChI is InChI=1S/C5N9.Cs/c6-1-3-4(2-7)9-5(8-3)14-12-10-11-13-14;/q-1;+1. The Labute approximate surface area is 142 Å². The minimum absolute atomic E-state index is 0. The minimum Gasteiger partial charge on any atom is -0.345 e. The van der Waals surface area contributed by atoms with E-state index in [2.05, 4.69) is 30.8 Å². The van der Waals surface area contributed by atoms with Crippen LogP contribution in [0, 0.1) is 22.7 Å². The summed E-state index contributed by atoms with van der Waals surface area (Å²) in [5, 5.41) is 30.4. The first kappa shape index (κ1) is 12.3. The Balaban J connectivity index is 0.00000112. The van der Waals surface area contributed by atoms with Crippen molar-refractivity contribution in [1.82, 2.24) is 35.6 Å². The molecule has 0 radical (unpaired) electrons. The molecule has 2 aromatic heterocycles. The molecular formula is C5CsN9. The van der Waals surface area contributed by atoms with Crippen molar-refractivity contribution in [2.45, 2.75) is 0 Å². The average Bonchev–Trinajstić information content (AvgIpc) is 2.85. The second kappa shape index (κ2) is 5.36. The van der Waals surface area contributed by atoms with Crippen molar-refractivity contribution < 1.29 is 68.9 Å². The van der Waals surface area contributed by atoms with E-state index in [-0.39, 0.29) is 86.2 Å². The number of aromatic nitrogens is 7. The van der Waals surface area contributed by atoms with Gasteiger partial charge in [-0.25, -0.2) is 0 Å². The molecule has 0 aromatic carbocycles. The van der Waals surface area contributed by atoms with Crippen molar-refractivity contribution in [3.8, 4) is 18.1 Å². The van der Waals surface area contributed by atoms with Gasteiger partial charge in [-0.2, -0.15) is 15.3 Å². The number of hydrogen-bond donors (Lipinski definition) is 0. The molecule has 2 heterocycles. The number of nitrogens with zero attached hydrogens (tertiary/aromatic N) is 9. The van der Waals surface area contributed by atoms with E-state index in [1.165, 1.54) is 0 Å². The molecule has 0 aliphatic rings. The quantitative estimate of drug-likeness (QED) is 0.511. The van der Waals surface area contributed by atoms with Crippen molar-refractivity contribution >= 4 is 0 Å².